The average molecular weight is 313 g/mol. The molecule has 0 saturated carbocycles. The van der Waals surface area contributed by atoms with Crippen molar-refractivity contribution < 1.29 is 9.53 Å². The number of amides is 1. The number of benzene rings is 1. The van der Waals surface area contributed by atoms with E-state index in [0.717, 1.165) is 29.4 Å². The van der Waals surface area contributed by atoms with Crippen LogP contribution in [0.1, 0.15) is 18.4 Å². The summed E-state index contributed by atoms with van der Waals surface area (Å²) >= 11 is 3.36. The first-order valence-corrected chi connectivity index (χ1v) is 6.86. The van der Waals surface area contributed by atoms with Crippen LogP contribution in [0.3, 0.4) is 0 Å². The number of hydrogen-bond acceptors (Lipinski definition) is 3. The molecule has 5 heteroatoms. The summed E-state index contributed by atoms with van der Waals surface area (Å²) in [6.07, 6.45) is 1.67. The molecule has 1 aromatic rings. The van der Waals surface area contributed by atoms with Gasteiger partial charge in [0.05, 0.1) is 0 Å². The van der Waals surface area contributed by atoms with Crippen LogP contribution in [0.2, 0.25) is 0 Å². The highest BCUT2D eigenvalue weighted by atomic mass is 79.9. The Morgan fingerprint density at radius 3 is 2.83 bits per heavy atom. The largest absolute Gasteiger partial charge is 0.445 e. The van der Waals surface area contributed by atoms with E-state index in [0.29, 0.717) is 13.2 Å². The van der Waals surface area contributed by atoms with Crippen molar-refractivity contribution in [3.63, 3.8) is 0 Å². The van der Waals surface area contributed by atoms with Crippen LogP contribution in [0.15, 0.2) is 28.7 Å². The maximum absolute atomic E-state index is 11.8. The summed E-state index contributed by atoms with van der Waals surface area (Å²) < 4.78 is 6.29. The minimum Gasteiger partial charge on any atom is -0.445 e. The summed E-state index contributed by atoms with van der Waals surface area (Å²) in [6, 6.07) is 7.80. The Morgan fingerprint density at radius 1 is 1.44 bits per heavy atom. The van der Waals surface area contributed by atoms with Crippen LogP contribution in [0.25, 0.3) is 0 Å². The lowest BCUT2D eigenvalue weighted by molar-refractivity contribution is 0.0862. The molecule has 1 aliphatic rings. The number of carbonyl (C=O) groups excluding carboxylic acids is 1. The van der Waals surface area contributed by atoms with Crippen molar-refractivity contribution in [2.75, 3.05) is 13.1 Å². The van der Waals surface area contributed by atoms with Gasteiger partial charge in [-0.1, -0.05) is 28.1 Å². The molecule has 0 spiro atoms. The summed E-state index contributed by atoms with van der Waals surface area (Å²) in [5.74, 6) is 0. The Kier molecular flexibility index (Phi) is 4.60. The molecule has 2 N–H and O–H groups in total. The Balaban J connectivity index is 1.82. The van der Waals surface area contributed by atoms with Crippen LogP contribution in [0.4, 0.5) is 4.79 Å². The lowest BCUT2D eigenvalue weighted by Gasteiger charge is -2.29. The van der Waals surface area contributed by atoms with Gasteiger partial charge in [0, 0.05) is 23.6 Å². The van der Waals surface area contributed by atoms with Crippen LogP contribution in [-0.2, 0) is 11.3 Å². The first kappa shape index (κ1) is 13.4. The molecule has 0 radical (unpaired) electrons. The highest BCUT2D eigenvalue weighted by Gasteiger charge is 2.22. The highest BCUT2D eigenvalue weighted by molar-refractivity contribution is 9.10. The fraction of sp³-hybridized carbons (Fsp3) is 0.462. The van der Waals surface area contributed by atoms with E-state index in [9.17, 15) is 4.79 Å². The molecule has 2 rings (SSSR count). The Bertz CT molecular complexity index is 408. The summed E-state index contributed by atoms with van der Waals surface area (Å²) in [7, 11) is 0. The molecule has 1 atom stereocenters. The predicted molar refractivity (Wildman–Crippen MR) is 73.1 cm³/mol. The molecule has 0 bridgehead atoms. The van der Waals surface area contributed by atoms with Gasteiger partial charge in [0.1, 0.15) is 6.61 Å². The zero-order chi connectivity index (χ0) is 13.0. The first-order chi connectivity index (χ1) is 8.65. The van der Waals surface area contributed by atoms with E-state index in [1.54, 1.807) is 4.90 Å². The molecular formula is C13H17BrN2O2. The van der Waals surface area contributed by atoms with Gasteiger partial charge in [-0.2, -0.15) is 0 Å². The van der Waals surface area contributed by atoms with E-state index >= 15 is 0 Å². The fourth-order valence-electron chi connectivity index (χ4n) is 1.99. The molecule has 4 nitrogen and oxygen atoms in total. The maximum atomic E-state index is 11.8. The van der Waals surface area contributed by atoms with Crippen LogP contribution < -0.4 is 5.73 Å². The molecule has 1 heterocycles. The molecule has 1 fully saturated rings. The van der Waals surface area contributed by atoms with Gasteiger partial charge in [-0.25, -0.2) is 4.79 Å². The third kappa shape index (κ3) is 3.71. The van der Waals surface area contributed by atoms with E-state index in [1.807, 2.05) is 24.3 Å². The smallest absolute Gasteiger partial charge is 0.410 e. The van der Waals surface area contributed by atoms with Gasteiger partial charge in [-0.15, -0.1) is 0 Å². The van der Waals surface area contributed by atoms with Crippen molar-refractivity contribution in [2.45, 2.75) is 25.5 Å². The highest BCUT2D eigenvalue weighted by Crippen LogP contribution is 2.13. The van der Waals surface area contributed by atoms with Crippen molar-refractivity contribution in [1.82, 2.24) is 4.90 Å². The molecule has 1 saturated heterocycles. The number of nitrogens with zero attached hydrogens (tertiary/aromatic N) is 1. The monoisotopic (exact) mass is 312 g/mol. The maximum Gasteiger partial charge on any atom is 0.410 e. The molecular weight excluding hydrogens is 296 g/mol. The summed E-state index contributed by atoms with van der Waals surface area (Å²) in [4.78, 5) is 13.5. The molecule has 0 aromatic heterocycles. The van der Waals surface area contributed by atoms with Gasteiger partial charge < -0.3 is 15.4 Å². The van der Waals surface area contributed by atoms with Crippen molar-refractivity contribution >= 4 is 22.0 Å². The fourth-order valence-corrected chi connectivity index (χ4v) is 2.26. The van der Waals surface area contributed by atoms with E-state index < -0.39 is 0 Å². The van der Waals surface area contributed by atoms with E-state index in [4.69, 9.17) is 10.5 Å². The molecule has 98 valence electrons. The summed E-state index contributed by atoms with van der Waals surface area (Å²) in [5.41, 5.74) is 6.81. The predicted octanol–water partition coefficient (Wildman–Crippen LogP) is 2.51. The molecule has 1 amide bonds. The Labute approximate surface area is 115 Å². The zero-order valence-electron chi connectivity index (χ0n) is 10.1. The second-order valence-electron chi connectivity index (χ2n) is 4.53. The van der Waals surface area contributed by atoms with Crippen molar-refractivity contribution in [3.8, 4) is 0 Å². The van der Waals surface area contributed by atoms with Crippen molar-refractivity contribution in [2.24, 2.45) is 5.73 Å². The number of rotatable bonds is 2. The topological polar surface area (TPSA) is 55.6 Å². The van der Waals surface area contributed by atoms with Crippen LogP contribution in [0, 0.1) is 0 Å². The van der Waals surface area contributed by atoms with Crippen LogP contribution >= 0.6 is 15.9 Å². The van der Waals surface area contributed by atoms with Crippen LogP contribution in [0.5, 0.6) is 0 Å². The molecule has 1 aromatic carbocycles. The van der Waals surface area contributed by atoms with Crippen molar-refractivity contribution in [1.29, 1.82) is 0 Å². The molecule has 1 aliphatic heterocycles. The van der Waals surface area contributed by atoms with Crippen molar-refractivity contribution in [3.05, 3.63) is 34.3 Å². The van der Waals surface area contributed by atoms with E-state index in [1.165, 1.54) is 0 Å². The Morgan fingerprint density at radius 2 is 2.17 bits per heavy atom. The van der Waals surface area contributed by atoms with Gasteiger partial charge in [-0.3, -0.25) is 0 Å². The third-order valence-corrected chi connectivity index (χ3v) is 3.52. The number of nitrogens with two attached hydrogens (primary N) is 1. The average Bonchev–Trinajstić information content (AvgIpc) is 2.38. The van der Waals surface area contributed by atoms with Gasteiger partial charge in [0.2, 0.25) is 0 Å². The van der Waals surface area contributed by atoms with Crippen LogP contribution in [-0.4, -0.2) is 30.1 Å². The molecule has 18 heavy (non-hydrogen) atoms. The Hall–Kier alpha value is -1.07. The van der Waals surface area contributed by atoms with E-state index in [-0.39, 0.29) is 12.1 Å². The number of hydrogen-bond donors (Lipinski definition) is 1. The number of carbonyl (C=O) groups is 1. The first-order valence-electron chi connectivity index (χ1n) is 6.07. The lowest BCUT2D eigenvalue weighted by atomic mass is 10.1. The summed E-state index contributed by atoms with van der Waals surface area (Å²) in [5, 5.41) is 0. The van der Waals surface area contributed by atoms with Gasteiger partial charge in [0.15, 0.2) is 0 Å². The lowest BCUT2D eigenvalue weighted by Crippen LogP contribution is -2.45. The van der Waals surface area contributed by atoms with E-state index in [2.05, 4.69) is 15.9 Å². The minimum atomic E-state index is -0.270. The molecule has 0 aliphatic carbocycles. The second kappa shape index (κ2) is 6.20. The number of halogens is 1. The zero-order valence-corrected chi connectivity index (χ0v) is 11.7. The normalized spacial score (nSPS) is 19.7. The quantitative estimate of drug-likeness (QED) is 0.913. The standard InChI is InChI=1S/C13H17BrN2O2/c14-11-5-3-10(4-6-11)9-18-13(17)16-7-1-2-12(15)8-16/h3-6,12H,1-2,7-9,15H2. The second-order valence-corrected chi connectivity index (χ2v) is 5.45. The van der Waals surface area contributed by atoms with Gasteiger partial charge >= 0.3 is 6.09 Å². The number of piperidine rings is 1. The summed E-state index contributed by atoms with van der Waals surface area (Å²) in [6.45, 7) is 1.64. The minimum absolute atomic E-state index is 0.0824. The SMILES string of the molecule is NC1CCCN(C(=O)OCc2ccc(Br)cc2)C1. The number of ether oxygens (including phenoxy) is 1. The molecule has 1 unspecified atom stereocenters. The van der Waals surface area contributed by atoms with Gasteiger partial charge in [-0.05, 0) is 30.5 Å². The van der Waals surface area contributed by atoms with Gasteiger partial charge in [0.25, 0.3) is 0 Å². The third-order valence-electron chi connectivity index (χ3n) is 2.99. The number of likely N-dealkylation sites (tertiary alicyclic amines) is 1.